The van der Waals surface area contributed by atoms with Crippen LogP contribution in [0.5, 0.6) is 0 Å². The van der Waals surface area contributed by atoms with Gasteiger partial charge < -0.3 is 20.4 Å². The molecule has 20 heavy (non-hydrogen) atoms. The summed E-state index contributed by atoms with van der Waals surface area (Å²) in [5.41, 5.74) is 0. The second-order valence-electron chi connectivity index (χ2n) is 4.99. The van der Waals surface area contributed by atoms with Crippen LogP contribution >= 0.6 is 15.8 Å². The first-order valence-electron chi connectivity index (χ1n) is 7.66. The van der Waals surface area contributed by atoms with Crippen molar-refractivity contribution in [3.63, 3.8) is 0 Å². The van der Waals surface area contributed by atoms with Gasteiger partial charge in [-0.2, -0.15) is 0 Å². The van der Waals surface area contributed by atoms with Gasteiger partial charge in [0.25, 0.3) is 0 Å². The second kappa shape index (κ2) is 16.1. The smallest absolute Gasteiger partial charge is 0.0434 e. The molecule has 0 aromatic carbocycles. The van der Waals surface area contributed by atoms with E-state index in [4.69, 9.17) is 20.4 Å². The molecule has 4 N–H and O–H groups in total. The minimum absolute atomic E-state index is 0.0637. The van der Waals surface area contributed by atoms with Gasteiger partial charge >= 0.3 is 0 Å². The Bertz CT molecular complexity index is 160. The van der Waals surface area contributed by atoms with E-state index in [0.29, 0.717) is 0 Å². The highest BCUT2D eigenvalue weighted by molar-refractivity contribution is 7.61. The van der Waals surface area contributed by atoms with E-state index in [-0.39, 0.29) is 42.3 Å². The van der Waals surface area contributed by atoms with Crippen molar-refractivity contribution in [2.45, 2.75) is 25.7 Å². The minimum atomic E-state index is -0.0637. The molecule has 0 spiro atoms. The molecule has 0 bridgehead atoms. The van der Waals surface area contributed by atoms with Crippen LogP contribution < -0.4 is 0 Å². The molecule has 4 nitrogen and oxygen atoms in total. The van der Waals surface area contributed by atoms with Crippen molar-refractivity contribution in [2.24, 2.45) is 0 Å². The topological polar surface area (TPSA) is 80.9 Å². The van der Waals surface area contributed by atoms with Crippen LogP contribution in [0.3, 0.4) is 0 Å². The molecule has 0 aliphatic carbocycles. The Labute approximate surface area is 126 Å². The van der Waals surface area contributed by atoms with Gasteiger partial charge in [-0.1, -0.05) is 0 Å². The Morgan fingerprint density at radius 3 is 0.850 bits per heavy atom. The number of rotatable bonds is 15. The molecule has 6 heteroatoms. The zero-order valence-corrected chi connectivity index (χ0v) is 14.4. The highest BCUT2D eigenvalue weighted by Gasteiger charge is 2.12. The molecule has 0 aliphatic heterocycles. The summed E-state index contributed by atoms with van der Waals surface area (Å²) in [5.74, 6) is 0. The van der Waals surface area contributed by atoms with Crippen LogP contribution in [0.25, 0.3) is 0 Å². The molecule has 0 unspecified atom stereocenters. The van der Waals surface area contributed by atoms with Crippen LogP contribution in [-0.2, 0) is 0 Å². The standard InChI is InChI=1S/C14H32O4P2/c15-5-1-9-19(10-2-6-16)13-14-20(11-3-7-17)12-4-8-18/h15-18H,1-14H2. The molecule has 0 atom stereocenters. The SMILES string of the molecule is OCCCP(CCCO)CCP(CCCO)CCCO. The summed E-state index contributed by atoms with van der Waals surface area (Å²) in [6.07, 6.45) is 10.4. The van der Waals surface area contributed by atoms with E-state index in [1.807, 2.05) is 0 Å². The first-order chi connectivity index (χ1) is 9.78. The maximum absolute atomic E-state index is 8.96. The fraction of sp³-hybridized carbons (Fsp3) is 1.00. The third kappa shape index (κ3) is 12.4. The summed E-state index contributed by atoms with van der Waals surface area (Å²) in [6, 6.07) is 0. The van der Waals surface area contributed by atoms with Crippen LogP contribution in [0.15, 0.2) is 0 Å². The van der Waals surface area contributed by atoms with Gasteiger partial charge in [0, 0.05) is 26.4 Å². The fourth-order valence-electron chi connectivity index (χ4n) is 2.13. The molecule has 0 aliphatic rings. The lowest BCUT2D eigenvalue weighted by Gasteiger charge is -2.22. The fourth-order valence-corrected chi connectivity index (χ4v) is 8.09. The highest BCUT2D eigenvalue weighted by atomic mass is 31.1. The highest BCUT2D eigenvalue weighted by Crippen LogP contribution is 2.44. The largest absolute Gasteiger partial charge is 0.396 e. The van der Waals surface area contributed by atoms with Gasteiger partial charge in [-0.05, 0) is 62.7 Å². The van der Waals surface area contributed by atoms with Gasteiger partial charge in [-0.25, -0.2) is 0 Å². The van der Waals surface area contributed by atoms with Gasteiger partial charge in [0.2, 0.25) is 0 Å². The van der Waals surface area contributed by atoms with Gasteiger partial charge in [-0.3, -0.25) is 0 Å². The molecule has 0 saturated heterocycles. The van der Waals surface area contributed by atoms with Crippen LogP contribution in [0.1, 0.15) is 25.7 Å². The molecule has 0 saturated carbocycles. The van der Waals surface area contributed by atoms with Crippen molar-refractivity contribution in [1.29, 1.82) is 0 Å². The molecule has 0 aromatic heterocycles. The van der Waals surface area contributed by atoms with E-state index >= 15 is 0 Å². The molecule has 0 heterocycles. The zero-order valence-electron chi connectivity index (χ0n) is 12.6. The van der Waals surface area contributed by atoms with Crippen molar-refractivity contribution >= 4 is 15.8 Å². The Kier molecular flexibility index (Phi) is 16.6. The summed E-state index contributed by atoms with van der Waals surface area (Å²) in [4.78, 5) is 0. The Hall–Kier alpha value is 0.700. The normalized spacial score (nSPS) is 11.7. The quantitative estimate of drug-likeness (QED) is 0.344. The van der Waals surface area contributed by atoms with E-state index in [2.05, 4.69) is 0 Å². The van der Waals surface area contributed by atoms with Crippen LogP contribution in [0.4, 0.5) is 0 Å². The van der Waals surface area contributed by atoms with E-state index < -0.39 is 0 Å². The van der Waals surface area contributed by atoms with E-state index in [0.717, 1.165) is 50.3 Å². The Morgan fingerprint density at radius 2 is 0.650 bits per heavy atom. The average Bonchev–Trinajstić information content (AvgIpc) is 2.48. The van der Waals surface area contributed by atoms with Crippen LogP contribution in [0.2, 0.25) is 0 Å². The molecular formula is C14H32O4P2. The molecule has 0 rings (SSSR count). The van der Waals surface area contributed by atoms with Crippen molar-refractivity contribution in [3.8, 4) is 0 Å². The predicted octanol–water partition coefficient (Wildman–Crippen LogP) is 1.48. The van der Waals surface area contributed by atoms with Crippen molar-refractivity contribution < 1.29 is 20.4 Å². The van der Waals surface area contributed by atoms with E-state index in [1.54, 1.807) is 0 Å². The number of hydrogen-bond donors (Lipinski definition) is 4. The second-order valence-corrected chi connectivity index (χ2v) is 10.4. The Morgan fingerprint density at radius 1 is 0.400 bits per heavy atom. The van der Waals surface area contributed by atoms with Crippen LogP contribution in [0, 0.1) is 0 Å². The average molecular weight is 326 g/mol. The molecular weight excluding hydrogens is 294 g/mol. The monoisotopic (exact) mass is 326 g/mol. The first-order valence-corrected chi connectivity index (χ1v) is 11.5. The maximum Gasteiger partial charge on any atom is 0.0434 e. The van der Waals surface area contributed by atoms with Gasteiger partial charge in [0.1, 0.15) is 0 Å². The van der Waals surface area contributed by atoms with Crippen molar-refractivity contribution in [2.75, 3.05) is 63.4 Å². The third-order valence-corrected chi connectivity index (χ3v) is 9.12. The zero-order chi connectivity index (χ0) is 15.1. The van der Waals surface area contributed by atoms with Gasteiger partial charge in [-0.15, -0.1) is 15.8 Å². The van der Waals surface area contributed by atoms with Gasteiger partial charge in [0.05, 0.1) is 0 Å². The molecule has 0 fully saturated rings. The Balaban J connectivity index is 4.05. The van der Waals surface area contributed by atoms with Crippen LogP contribution in [-0.4, -0.2) is 83.8 Å². The summed E-state index contributed by atoms with van der Waals surface area (Å²) in [5, 5.41) is 35.8. The summed E-state index contributed by atoms with van der Waals surface area (Å²) in [6.45, 7) is 1.06. The lowest BCUT2D eigenvalue weighted by molar-refractivity contribution is 0.293. The first kappa shape index (κ1) is 20.7. The number of hydrogen-bond acceptors (Lipinski definition) is 4. The molecule has 0 amide bonds. The van der Waals surface area contributed by atoms with Gasteiger partial charge in [0.15, 0.2) is 0 Å². The molecule has 0 aromatic rings. The number of aliphatic hydroxyl groups excluding tert-OH is 4. The molecule has 0 radical (unpaired) electrons. The third-order valence-electron chi connectivity index (χ3n) is 3.26. The van der Waals surface area contributed by atoms with E-state index in [1.165, 1.54) is 12.3 Å². The van der Waals surface area contributed by atoms with Crippen molar-refractivity contribution in [1.82, 2.24) is 0 Å². The lowest BCUT2D eigenvalue weighted by Crippen LogP contribution is -2.05. The van der Waals surface area contributed by atoms with E-state index in [9.17, 15) is 0 Å². The lowest BCUT2D eigenvalue weighted by atomic mass is 10.5. The van der Waals surface area contributed by atoms with Crippen molar-refractivity contribution in [3.05, 3.63) is 0 Å². The minimum Gasteiger partial charge on any atom is -0.396 e. The summed E-state index contributed by atoms with van der Waals surface area (Å²) < 4.78 is 0. The maximum atomic E-state index is 8.96. The number of aliphatic hydroxyl groups is 4. The molecule has 122 valence electrons. The predicted molar refractivity (Wildman–Crippen MR) is 89.9 cm³/mol. The summed E-state index contributed by atoms with van der Waals surface area (Å²) in [7, 11) is -0.127. The summed E-state index contributed by atoms with van der Waals surface area (Å²) >= 11 is 0.